The van der Waals surface area contributed by atoms with Gasteiger partial charge in [0.15, 0.2) is 5.78 Å². The van der Waals surface area contributed by atoms with E-state index in [0.29, 0.717) is 12.5 Å². The maximum absolute atomic E-state index is 12.1. The van der Waals surface area contributed by atoms with Crippen molar-refractivity contribution in [2.24, 2.45) is 0 Å². The van der Waals surface area contributed by atoms with Gasteiger partial charge in [0, 0.05) is 24.6 Å². The second kappa shape index (κ2) is 6.69. The highest BCUT2D eigenvalue weighted by Gasteiger charge is 2.17. The number of hydrogen-bond acceptors (Lipinski definition) is 2. The minimum atomic E-state index is 0.270. The highest BCUT2D eigenvalue weighted by Crippen LogP contribution is 2.17. The van der Waals surface area contributed by atoms with Gasteiger partial charge in [-0.25, -0.2) is 0 Å². The summed E-state index contributed by atoms with van der Waals surface area (Å²) in [7, 11) is 0. The van der Waals surface area contributed by atoms with E-state index < -0.39 is 0 Å². The van der Waals surface area contributed by atoms with Crippen molar-refractivity contribution in [3.63, 3.8) is 0 Å². The lowest BCUT2D eigenvalue weighted by atomic mass is 10.1. The average Bonchev–Trinajstić information content (AvgIpc) is 2.62. The minimum absolute atomic E-state index is 0.270. The zero-order valence-corrected chi connectivity index (χ0v) is 11.3. The van der Waals surface area contributed by atoms with Crippen LogP contribution in [0.25, 0.3) is 0 Å². The van der Waals surface area contributed by atoms with Gasteiger partial charge in [0.25, 0.3) is 0 Å². The van der Waals surface area contributed by atoms with E-state index in [4.69, 9.17) is 0 Å². The molecule has 0 amide bonds. The second-order valence-corrected chi connectivity index (χ2v) is 5.27. The molecule has 1 aliphatic heterocycles. The second-order valence-electron chi connectivity index (χ2n) is 5.27. The van der Waals surface area contributed by atoms with Crippen LogP contribution in [0.15, 0.2) is 30.3 Å². The molecule has 0 aromatic heterocycles. The number of rotatable bonds is 4. The predicted octanol–water partition coefficient (Wildman–Crippen LogP) is 3.52. The van der Waals surface area contributed by atoms with Crippen molar-refractivity contribution in [1.29, 1.82) is 0 Å². The molecule has 1 unspecified atom stereocenters. The average molecular weight is 245 g/mol. The third-order valence-electron chi connectivity index (χ3n) is 3.91. The van der Waals surface area contributed by atoms with Crippen LogP contribution in [0.5, 0.6) is 0 Å². The summed E-state index contributed by atoms with van der Waals surface area (Å²) in [6, 6.07) is 10.3. The van der Waals surface area contributed by atoms with E-state index in [9.17, 15) is 4.79 Å². The molecule has 0 N–H and O–H groups in total. The van der Waals surface area contributed by atoms with Crippen molar-refractivity contribution < 1.29 is 4.79 Å². The normalized spacial score (nSPS) is 21.5. The molecule has 0 radical (unpaired) electrons. The SMILES string of the molecule is CC1CCCCCN1CCC(=O)c1ccccc1. The van der Waals surface area contributed by atoms with Crippen LogP contribution in [0.4, 0.5) is 0 Å². The molecule has 2 rings (SSSR count). The fraction of sp³-hybridized carbons (Fsp3) is 0.562. The van der Waals surface area contributed by atoms with Crippen LogP contribution in [0.2, 0.25) is 0 Å². The van der Waals surface area contributed by atoms with Gasteiger partial charge in [0.1, 0.15) is 0 Å². The van der Waals surface area contributed by atoms with E-state index in [-0.39, 0.29) is 5.78 Å². The maximum atomic E-state index is 12.1. The number of benzene rings is 1. The quantitative estimate of drug-likeness (QED) is 0.756. The molecular formula is C16H23NO. The molecule has 1 fully saturated rings. The van der Waals surface area contributed by atoms with Crippen LogP contribution >= 0.6 is 0 Å². The number of nitrogens with zero attached hydrogens (tertiary/aromatic N) is 1. The van der Waals surface area contributed by atoms with Crippen LogP contribution in [0.1, 0.15) is 49.4 Å². The Morgan fingerprint density at radius 1 is 1.22 bits per heavy atom. The Morgan fingerprint density at radius 3 is 2.78 bits per heavy atom. The van der Waals surface area contributed by atoms with E-state index in [1.807, 2.05) is 30.3 Å². The molecular weight excluding hydrogens is 222 g/mol. The summed E-state index contributed by atoms with van der Waals surface area (Å²) in [6.07, 6.45) is 5.88. The van der Waals surface area contributed by atoms with Crippen molar-refractivity contribution in [1.82, 2.24) is 4.90 Å². The molecule has 2 nitrogen and oxygen atoms in total. The molecule has 0 bridgehead atoms. The number of Topliss-reactive ketones (excluding diaryl/α,β-unsaturated/α-hetero) is 1. The summed E-state index contributed by atoms with van der Waals surface area (Å²) < 4.78 is 0. The highest BCUT2D eigenvalue weighted by molar-refractivity contribution is 5.96. The molecule has 0 saturated carbocycles. The lowest BCUT2D eigenvalue weighted by Gasteiger charge is -2.26. The smallest absolute Gasteiger partial charge is 0.164 e. The summed E-state index contributed by atoms with van der Waals surface area (Å²) >= 11 is 0. The molecule has 1 aromatic rings. The third kappa shape index (κ3) is 3.67. The fourth-order valence-corrected chi connectivity index (χ4v) is 2.68. The Hall–Kier alpha value is -1.15. The number of ketones is 1. The summed E-state index contributed by atoms with van der Waals surface area (Å²) in [5, 5.41) is 0. The largest absolute Gasteiger partial charge is 0.300 e. The van der Waals surface area contributed by atoms with Gasteiger partial charge in [-0.15, -0.1) is 0 Å². The van der Waals surface area contributed by atoms with Gasteiger partial charge in [-0.1, -0.05) is 43.2 Å². The molecule has 18 heavy (non-hydrogen) atoms. The van der Waals surface area contributed by atoms with Crippen molar-refractivity contribution in [2.75, 3.05) is 13.1 Å². The summed E-state index contributed by atoms with van der Waals surface area (Å²) in [5.74, 6) is 0.270. The minimum Gasteiger partial charge on any atom is -0.300 e. The first-order valence-electron chi connectivity index (χ1n) is 7.09. The summed E-state index contributed by atoms with van der Waals surface area (Å²) in [6.45, 7) is 4.36. The standard InChI is InChI=1S/C16H23NO/c1-14-8-4-3-7-12-17(14)13-11-16(18)15-9-5-2-6-10-15/h2,5-6,9-10,14H,3-4,7-8,11-13H2,1H3. The molecule has 0 spiro atoms. The lowest BCUT2D eigenvalue weighted by Crippen LogP contribution is -2.34. The van der Waals surface area contributed by atoms with E-state index in [2.05, 4.69) is 11.8 Å². The first kappa shape index (κ1) is 13.3. The summed E-state index contributed by atoms with van der Waals surface area (Å²) in [4.78, 5) is 14.5. The number of carbonyl (C=O) groups is 1. The zero-order chi connectivity index (χ0) is 12.8. The van der Waals surface area contributed by atoms with Gasteiger partial charge >= 0.3 is 0 Å². The van der Waals surface area contributed by atoms with Crippen LogP contribution in [-0.4, -0.2) is 29.8 Å². The molecule has 2 heteroatoms. The Morgan fingerprint density at radius 2 is 2.00 bits per heavy atom. The summed E-state index contributed by atoms with van der Waals surface area (Å²) in [5.41, 5.74) is 0.847. The molecule has 1 aromatic carbocycles. The van der Waals surface area contributed by atoms with E-state index in [0.717, 1.165) is 18.7 Å². The predicted molar refractivity (Wildman–Crippen MR) is 74.9 cm³/mol. The number of carbonyl (C=O) groups excluding carboxylic acids is 1. The third-order valence-corrected chi connectivity index (χ3v) is 3.91. The maximum Gasteiger partial charge on any atom is 0.164 e. The monoisotopic (exact) mass is 245 g/mol. The van der Waals surface area contributed by atoms with Gasteiger partial charge in [-0.05, 0) is 26.3 Å². The molecule has 1 aliphatic rings. The molecule has 1 atom stereocenters. The van der Waals surface area contributed by atoms with Crippen molar-refractivity contribution in [3.05, 3.63) is 35.9 Å². The van der Waals surface area contributed by atoms with Gasteiger partial charge < -0.3 is 4.90 Å². The van der Waals surface area contributed by atoms with Crippen molar-refractivity contribution in [2.45, 2.75) is 45.1 Å². The van der Waals surface area contributed by atoms with Crippen molar-refractivity contribution >= 4 is 5.78 Å². The van der Waals surface area contributed by atoms with Crippen LogP contribution in [0, 0.1) is 0 Å². The Bertz CT molecular complexity index is 374. The number of hydrogen-bond donors (Lipinski definition) is 0. The topological polar surface area (TPSA) is 20.3 Å². The number of likely N-dealkylation sites (tertiary alicyclic amines) is 1. The van der Waals surface area contributed by atoms with Crippen molar-refractivity contribution in [3.8, 4) is 0 Å². The van der Waals surface area contributed by atoms with Gasteiger partial charge in [-0.2, -0.15) is 0 Å². The first-order valence-corrected chi connectivity index (χ1v) is 7.09. The Labute approximate surface area is 110 Å². The molecule has 98 valence electrons. The van der Waals surface area contributed by atoms with E-state index in [1.165, 1.54) is 25.7 Å². The van der Waals surface area contributed by atoms with Gasteiger partial charge in [-0.3, -0.25) is 4.79 Å². The van der Waals surface area contributed by atoms with Gasteiger partial charge in [0.2, 0.25) is 0 Å². The molecule has 1 saturated heterocycles. The Kier molecular flexibility index (Phi) is 4.94. The Balaban J connectivity index is 1.85. The van der Waals surface area contributed by atoms with E-state index in [1.54, 1.807) is 0 Å². The van der Waals surface area contributed by atoms with Crippen LogP contribution in [-0.2, 0) is 0 Å². The molecule has 0 aliphatic carbocycles. The first-order chi connectivity index (χ1) is 8.77. The van der Waals surface area contributed by atoms with Gasteiger partial charge in [0.05, 0.1) is 0 Å². The molecule has 1 heterocycles. The lowest BCUT2D eigenvalue weighted by molar-refractivity contribution is 0.0954. The van der Waals surface area contributed by atoms with Crippen LogP contribution in [0.3, 0.4) is 0 Å². The van der Waals surface area contributed by atoms with E-state index >= 15 is 0 Å². The zero-order valence-electron chi connectivity index (χ0n) is 11.3. The fourth-order valence-electron chi connectivity index (χ4n) is 2.68. The van der Waals surface area contributed by atoms with Crippen LogP contribution < -0.4 is 0 Å². The highest BCUT2D eigenvalue weighted by atomic mass is 16.1.